The second-order valence-electron chi connectivity index (χ2n) is 4.17. The van der Waals surface area contributed by atoms with Crippen LogP contribution in [0.3, 0.4) is 0 Å². The SMILES string of the molecule is O=C1COc2cc(OCc3cncc(F)c3)ccc21. The highest BCUT2D eigenvalue weighted by atomic mass is 19.1. The minimum Gasteiger partial charge on any atom is -0.489 e. The predicted molar refractivity (Wildman–Crippen MR) is 64.8 cm³/mol. The molecule has 4 nitrogen and oxygen atoms in total. The molecular weight excluding hydrogens is 249 g/mol. The van der Waals surface area contributed by atoms with Crippen molar-refractivity contribution in [1.29, 1.82) is 0 Å². The van der Waals surface area contributed by atoms with Gasteiger partial charge in [-0.25, -0.2) is 4.39 Å². The molecule has 0 fully saturated rings. The van der Waals surface area contributed by atoms with E-state index >= 15 is 0 Å². The smallest absolute Gasteiger partial charge is 0.203 e. The van der Waals surface area contributed by atoms with Gasteiger partial charge in [-0.2, -0.15) is 0 Å². The summed E-state index contributed by atoms with van der Waals surface area (Å²) < 4.78 is 23.7. The Hall–Kier alpha value is -2.43. The second-order valence-corrected chi connectivity index (χ2v) is 4.17. The number of Topliss-reactive ketones (excluding diaryl/α,β-unsaturated/α-hetero) is 1. The molecule has 0 atom stereocenters. The molecule has 1 aromatic carbocycles. The lowest BCUT2D eigenvalue weighted by atomic mass is 10.1. The number of ether oxygens (including phenoxy) is 2. The van der Waals surface area contributed by atoms with Gasteiger partial charge in [-0.05, 0) is 18.2 Å². The number of rotatable bonds is 3. The van der Waals surface area contributed by atoms with Crippen molar-refractivity contribution >= 4 is 5.78 Å². The molecule has 0 bridgehead atoms. The van der Waals surface area contributed by atoms with Crippen molar-refractivity contribution in [3.05, 3.63) is 53.6 Å². The van der Waals surface area contributed by atoms with Crippen LogP contribution in [-0.2, 0) is 6.61 Å². The number of carbonyl (C=O) groups is 1. The lowest BCUT2D eigenvalue weighted by molar-refractivity contribution is 0.0961. The summed E-state index contributed by atoms with van der Waals surface area (Å²) >= 11 is 0. The first kappa shape index (κ1) is 11.6. The summed E-state index contributed by atoms with van der Waals surface area (Å²) in [7, 11) is 0. The van der Waals surface area contributed by atoms with E-state index in [1.54, 1.807) is 18.2 Å². The first-order valence-electron chi connectivity index (χ1n) is 5.74. The molecule has 0 unspecified atom stereocenters. The minimum absolute atomic E-state index is 0.0316. The van der Waals surface area contributed by atoms with E-state index in [0.29, 0.717) is 22.6 Å². The summed E-state index contributed by atoms with van der Waals surface area (Å²) in [6.07, 6.45) is 2.68. The van der Waals surface area contributed by atoms with Crippen molar-refractivity contribution in [1.82, 2.24) is 4.98 Å². The molecule has 96 valence electrons. The normalized spacial score (nSPS) is 13.0. The maximum atomic E-state index is 12.9. The molecule has 1 aliphatic rings. The molecule has 2 heterocycles. The highest BCUT2D eigenvalue weighted by Crippen LogP contribution is 2.29. The number of hydrogen-bond acceptors (Lipinski definition) is 4. The highest BCUT2D eigenvalue weighted by Gasteiger charge is 2.21. The van der Waals surface area contributed by atoms with Gasteiger partial charge < -0.3 is 9.47 Å². The molecule has 1 aliphatic heterocycles. The zero-order valence-electron chi connectivity index (χ0n) is 9.93. The largest absolute Gasteiger partial charge is 0.489 e. The Morgan fingerprint density at radius 3 is 3.05 bits per heavy atom. The van der Waals surface area contributed by atoms with E-state index in [2.05, 4.69) is 4.98 Å². The molecule has 0 aliphatic carbocycles. The van der Waals surface area contributed by atoms with Gasteiger partial charge in [-0.1, -0.05) is 0 Å². The minimum atomic E-state index is -0.399. The number of hydrogen-bond donors (Lipinski definition) is 0. The van der Waals surface area contributed by atoms with Gasteiger partial charge in [0.15, 0.2) is 6.61 Å². The number of fused-ring (bicyclic) bond motifs is 1. The predicted octanol–water partition coefficient (Wildman–Crippen LogP) is 2.37. The Morgan fingerprint density at radius 1 is 1.32 bits per heavy atom. The van der Waals surface area contributed by atoms with E-state index in [1.165, 1.54) is 12.3 Å². The molecular formula is C14H10FNO3. The number of pyridine rings is 1. The number of aromatic nitrogens is 1. The highest BCUT2D eigenvalue weighted by molar-refractivity contribution is 6.02. The average Bonchev–Trinajstić information content (AvgIpc) is 2.78. The van der Waals surface area contributed by atoms with Crippen molar-refractivity contribution in [2.45, 2.75) is 6.61 Å². The average molecular weight is 259 g/mol. The van der Waals surface area contributed by atoms with Gasteiger partial charge in [0.1, 0.15) is 23.9 Å². The van der Waals surface area contributed by atoms with E-state index in [1.807, 2.05) is 0 Å². The van der Waals surface area contributed by atoms with Crippen LogP contribution in [0, 0.1) is 5.82 Å². The van der Waals surface area contributed by atoms with Gasteiger partial charge >= 0.3 is 0 Å². The topological polar surface area (TPSA) is 48.4 Å². The second kappa shape index (κ2) is 4.68. The van der Waals surface area contributed by atoms with E-state index < -0.39 is 5.82 Å². The van der Waals surface area contributed by atoms with Gasteiger partial charge in [0.05, 0.1) is 11.8 Å². The van der Waals surface area contributed by atoms with Crippen molar-refractivity contribution in [3.8, 4) is 11.5 Å². The van der Waals surface area contributed by atoms with Crippen LogP contribution in [0.5, 0.6) is 11.5 Å². The summed E-state index contributed by atoms with van der Waals surface area (Å²) in [5, 5.41) is 0. The van der Waals surface area contributed by atoms with E-state index in [-0.39, 0.29) is 19.0 Å². The summed E-state index contributed by atoms with van der Waals surface area (Å²) in [6, 6.07) is 6.38. The molecule has 19 heavy (non-hydrogen) atoms. The maximum Gasteiger partial charge on any atom is 0.203 e. The number of ketones is 1. The van der Waals surface area contributed by atoms with Gasteiger partial charge in [0.25, 0.3) is 0 Å². The number of halogens is 1. The maximum absolute atomic E-state index is 12.9. The van der Waals surface area contributed by atoms with E-state index in [0.717, 1.165) is 6.20 Å². The van der Waals surface area contributed by atoms with Gasteiger partial charge in [0.2, 0.25) is 5.78 Å². The van der Waals surface area contributed by atoms with Crippen LogP contribution >= 0.6 is 0 Å². The monoisotopic (exact) mass is 259 g/mol. The summed E-state index contributed by atoms with van der Waals surface area (Å²) in [5.41, 5.74) is 1.21. The zero-order valence-corrected chi connectivity index (χ0v) is 9.93. The fourth-order valence-electron chi connectivity index (χ4n) is 1.86. The van der Waals surface area contributed by atoms with Crippen LogP contribution in [0.25, 0.3) is 0 Å². The number of carbonyl (C=O) groups excluding carboxylic acids is 1. The third-order valence-electron chi connectivity index (χ3n) is 2.78. The first-order valence-corrected chi connectivity index (χ1v) is 5.74. The Labute approximate surface area is 108 Å². The van der Waals surface area contributed by atoms with Crippen molar-refractivity contribution in [2.75, 3.05) is 6.61 Å². The Morgan fingerprint density at radius 2 is 2.21 bits per heavy atom. The lowest BCUT2D eigenvalue weighted by Crippen LogP contribution is -1.98. The molecule has 5 heteroatoms. The molecule has 0 saturated carbocycles. The number of nitrogens with zero attached hydrogens (tertiary/aromatic N) is 1. The van der Waals surface area contributed by atoms with Crippen LogP contribution in [0.4, 0.5) is 4.39 Å². The molecule has 0 radical (unpaired) electrons. The van der Waals surface area contributed by atoms with Crippen molar-refractivity contribution in [3.63, 3.8) is 0 Å². The third kappa shape index (κ3) is 2.40. The number of benzene rings is 1. The van der Waals surface area contributed by atoms with Crippen LogP contribution in [0.15, 0.2) is 36.7 Å². The summed E-state index contributed by atoms with van der Waals surface area (Å²) in [6.45, 7) is 0.282. The van der Waals surface area contributed by atoms with Crippen molar-refractivity contribution in [2.24, 2.45) is 0 Å². The molecule has 3 rings (SSSR count). The van der Waals surface area contributed by atoms with Crippen LogP contribution in [0.2, 0.25) is 0 Å². The standard InChI is InChI=1S/C14H10FNO3/c15-10-3-9(5-16-6-10)7-18-11-1-2-12-13(17)8-19-14(12)4-11/h1-6H,7-8H2. The molecule has 1 aromatic heterocycles. The van der Waals surface area contributed by atoms with E-state index in [9.17, 15) is 9.18 Å². The van der Waals surface area contributed by atoms with E-state index in [4.69, 9.17) is 9.47 Å². The lowest BCUT2D eigenvalue weighted by Gasteiger charge is -2.07. The molecule has 2 aromatic rings. The summed E-state index contributed by atoms with van der Waals surface area (Å²) in [5.74, 6) is 0.664. The quantitative estimate of drug-likeness (QED) is 0.849. The third-order valence-corrected chi connectivity index (χ3v) is 2.78. The Kier molecular flexibility index (Phi) is 2.87. The fourth-order valence-corrected chi connectivity index (χ4v) is 1.86. The molecule has 0 spiro atoms. The van der Waals surface area contributed by atoms with Crippen LogP contribution in [-0.4, -0.2) is 17.4 Å². The Bertz CT molecular complexity index is 642. The van der Waals surface area contributed by atoms with Gasteiger partial charge in [-0.15, -0.1) is 0 Å². The first-order chi connectivity index (χ1) is 9.22. The Balaban J connectivity index is 1.73. The van der Waals surface area contributed by atoms with Gasteiger partial charge in [-0.3, -0.25) is 9.78 Å². The van der Waals surface area contributed by atoms with Crippen molar-refractivity contribution < 1.29 is 18.7 Å². The zero-order chi connectivity index (χ0) is 13.2. The fraction of sp³-hybridized carbons (Fsp3) is 0.143. The van der Waals surface area contributed by atoms with Crippen LogP contribution in [0.1, 0.15) is 15.9 Å². The summed E-state index contributed by atoms with van der Waals surface area (Å²) in [4.78, 5) is 15.1. The van der Waals surface area contributed by atoms with Crippen LogP contribution < -0.4 is 9.47 Å². The van der Waals surface area contributed by atoms with Gasteiger partial charge in [0, 0.05) is 17.8 Å². The molecule has 0 saturated heterocycles. The molecule has 0 N–H and O–H groups in total. The molecule has 0 amide bonds.